The van der Waals surface area contributed by atoms with Gasteiger partial charge >= 0.3 is 0 Å². The molecule has 3 rings (SSSR count). The molecule has 1 heterocycles. The lowest BCUT2D eigenvalue weighted by atomic mass is 10.1. The molecule has 0 radical (unpaired) electrons. The van der Waals surface area contributed by atoms with E-state index in [0.717, 1.165) is 18.7 Å². The van der Waals surface area contributed by atoms with E-state index in [-0.39, 0.29) is 23.2 Å². The third-order valence-electron chi connectivity index (χ3n) is 4.46. The number of carbonyl (C=O) groups excluding carboxylic acids is 1. The summed E-state index contributed by atoms with van der Waals surface area (Å²) < 4.78 is 5.73. The van der Waals surface area contributed by atoms with E-state index >= 15 is 0 Å². The molecule has 1 saturated heterocycles. The summed E-state index contributed by atoms with van der Waals surface area (Å²) in [5, 5.41) is 14.2. The third kappa shape index (κ3) is 5.12. The number of rotatable bonds is 6. The molecule has 2 aromatic carbocycles. The fourth-order valence-electron chi connectivity index (χ4n) is 3.00. The largest absolute Gasteiger partial charge is 0.379 e. The van der Waals surface area contributed by atoms with Crippen LogP contribution in [0.1, 0.15) is 22.0 Å². The van der Waals surface area contributed by atoms with Crippen molar-refractivity contribution < 1.29 is 14.5 Å². The number of hydrogen-bond acceptors (Lipinski definition) is 5. The first kappa shape index (κ1) is 19.5. The van der Waals surface area contributed by atoms with Gasteiger partial charge in [0.25, 0.3) is 11.6 Å². The maximum absolute atomic E-state index is 12.8. The number of nitro benzene ring substituents is 1. The van der Waals surface area contributed by atoms with Crippen LogP contribution in [0.25, 0.3) is 0 Å². The predicted octanol–water partition coefficient (Wildman–Crippen LogP) is 3.16. The van der Waals surface area contributed by atoms with Crippen molar-refractivity contribution >= 4 is 27.5 Å². The third-order valence-corrected chi connectivity index (χ3v) is 5.13. The second-order valence-electron chi connectivity index (χ2n) is 6.27. The average Bonchev–Trinajstić information content (AvgIpc) is 2.69. The highest BCUT2D eigenvalue weighted by Gasteiger charge is 2.22. The number of halogens is 1. The Kier molecular flexibility index (Phi) is 6.54. The second kappa shape index (κ2) is 9.07. The van der Waals surface area contributed by atoms with E-state index in [1.807, 2.05) is 30.3 Å². The van der Waals surface area contributed by atoms with Crippen molar-refractivity contribution in [1.29, 1.82) is 0 Å². The SMILES string of the molecule is O=C(N[C@H](CN1CCOCC1)c1ccccc1)c1ccc(Br)c([N+](=O)[O-])c1. The maximum atomic E-state index is 12.8. The second-order valence-corrected chi connectivity index (χ2v) is 7.13. The Morgan fingerprint density at radius 1 is 1.22 bits per heavy atom. The van der Waals surface area contributed by atoms with E-state index in [0.29, 0.717) is 24.2 Å². The quantitative estimate of drug-likeness (QED) is 0.558. The summed E-state index contributed by atoms with van der Waals surface area (Å²) in [7, 11) is 0. The molecule has 0 saturated carbocycles. The molecule has 0 bridgehead atoms. The molecule has 0 aromatic heterocycles. The molecule has 7 nitrogen and oxygen atoms in total. The number of nitro groups is 1. The minimum Gasteiger partial charge on any atom is -0.379 e. The Labute approximate surface area is 165 Å². The number of nitrogens with zero attached hydrogens (tertiary/aromatic N) is 2. The van der Waals surface area contributed by atoms with Crippen LogP contribution in [-0.2, 0) is 4.74 Å². The van der Waals surface area contributed by atoms with Gasteiger partial charge in [0, 0.05) is 31.3 Å². The van der Waals surface area contributed by atoms with Crippen LogP contribution in [-0.4, -0.2) is 48.6 Å². The summed E-state index contributed by atoms with van der Waals surface area (Å²) in [4.78, 5) is 25.6. The van der Waals surface area contributed by atoms with Gasteiger partial charge in [-0.2, -0.15) is 0 Å². The van der Waals surface area contributed by atoms with Gasteiger partial charge in [-0.1, -0.05) is 30.3 Å². The summed E-state index contributed by atoms with van der Waals surface area (Å²) in [6.07, 6.45) is 0. The summed E-state index contributed by atoms with van der Waals surface area (Å²) in [5.41, 5.74) is 1.11. The molecule has 0 spiro atoms. The monoisotopic (exact) mass is 433 g/mol. The molecule has 1 N–H and O–H groups in total. The number of carbonyl (C=O) groups is 1. The molecule has 0 unspecified atom stereocenters. The zero-order valence-corrected chi connectivity index (χ0v) is 16.2. The number of nitrogens with one attached hydrogen (secondary N) is 1. The number of ether oxygens (including phenoxy) is 1. The van der Waals surface area contributed by atoms with E-state index in [9.17, 15) is 14.9 Å². The van der Waals surface area contributed by atoms with Crippen molar-refractivity contribution in [2.45, 2.75) is 6.04 Å². The van der Waals surface area contributed by atoms with E-state index in [1.165, 1.54) is 12.1 Å². The molecule has 142 valence electrons. The molecule has 2 aromatic rings. The molecule has 1 atom stereocenters. The summed E-state index contributed by atoms with van der Waals surface area (Å²) in [6.45, 7) is 3.62. The smallest absolute Gasteiger partial charge is 0.284 e. The summed E-state index contributed by atoms with van der Waals surface area (Å²) in [5.74, 6) is -0.340. The number of hydrogen-bond donors (Lipinski definition) is 1. The first-order chi connectivity index (χ1) is 13.0. The Balaban J connectivity index is 1.79. The van der Waals surface area contributed by atoms with E-state index in [1.54, 1.807) is 6.07 Å². The lowest BCUT2D eigenvalue weighted by molar-refractivity contribution is -0.385. The normalized spacial score (nSPS) is 15.9. The first-order valence-corrected chi connectivity index (χ1v) is 9.44. The van der Waals surface area contributed by atoms with Gasteiger partial charge in [-0.05, 0) is 33.6 Å². The average molecular weight is 434 g/mol. The molecule has 8 heteroatoms. The Morgan fingerprint density at radius 2 is 1.93 bits per heavy atom. The Morgan fingerprint density at radius 3 is 2.59 bits per heavy atom. The molecule has 1 aliphatic rings. The van der Waals surface area contributed by atoms with Crippen molar-refractivity contribution in [1.82, 2.24) is 10.2 Å². The molecule has 1 aliphatic heterocycles. The highest BCUT2D eigenvalue weighted by Crippen LogP contribution is 2.26. The highest BCUT2D eigenvalue weighted by atomic mass is 79.9. The topological polar surface area (TPSA) is 84.7 Å². The van der Waals surface area contributed by atoms with Gasteiger partial charge < -0.3 is 10.1 Å². The minimum absolute atomic E-state index is 0.132. The van der Waals surface area contributed by atoms with Crippen molar-refractivity contribution in [3.63, 3.8) is 0 Å². The molecular formula is C19H20BrN3O4. The van der Waals surface area contributed by atoms with Crippen molar-refractivity contribution in [2.24, 2.45) is 0 Å². The van der Waals surface area contributed by atoms with Crippen LogP contribution in [0.15, 0.2) is 53.0 Å². The van der Waals surface area contributed by atoms with Crippen LogP contribution in [0.2, 0.25) is 0 Å². The Hall–Kier alpha value is -2.29. The zero-order chi connectivity index (χ0) is 19.2. The van der Waals surface area contributed by atoms with E-state index in [4.69, 9.17) is 4.74 Å². The number of benzene rings is 2. The summed E-state index contributed by atoms with van der Waals surface area (Å²) >= 11 is 3.14. The fourth-order valence-corrected chi connectivity index (χ4v) is 3.39. The van der Waals surface area contributed by atoms with Crippen LogP contribution >= 0.6 is 15.9 Å². The van der Waals surface area contributed by atoms with Gasteiger partial charge in [-0.15, -0.1) is 0 Å². The Bertz CT molecular complexity index is 810. The maximum Gasteiger partial charge on any atom is 0.284 e. The fraction of sp³-hybridized carbons (Fsp3) is 0.316. The highest BCUT2D eigenvalue weighted by molar-refractivity contribution is 9.10. The summed E-state index contributed by atoms with van der Waals surface area (Å²) in [6, 6.07) is 13.9. The molecule has 1 fully saturated rings. The number of amides is 1. The van der Waals surface area contributed by atoms with Crippen LogP contribution in [0.5, 0.6) is 0 Å². The van der Waals surface area contributed by atoms with Gasteiger partial charge in [-0.3, -0.25) is 19.8 Å². The molecule has 0 aliphatic carbocycles. The van der Waals surface area contributed by atoms with Crippen molar-refractivity contribution in [2.75, 3.05) is 32.8 Å². The van der Waals surface area contributed by atoms with Gasteiger partial charge in [0.2, 0.25) is 0 Å². The zero-order valence-electron chi connectivity index (χ0n) is 14.6. The van der Waals surface area contributed by atoms with Crippen molar-refractivity contribution in [3.05, 3.63) is 74.2 Å². The predicted molar refractivity (Wildman–Crippen MR) is 105 cm³/mol. The van der Waals surface area contributed by atoms with E-state index in [2.05, 4.69) is 26.1 Å². The van der Waals surface area contributed by atoms with Crippen LogP contribution in [0.3, 0.4) is 0 Å². The number of morpholine rings is 1. The molecule has 27 heavy (non-hydrogen) atoms. The molecular weight excluding hydrogens is 414 g/mol. The molecule has 1 amide bonds. The van der Waals surface area contributed by atoms with Crippen LogP contribution in [0.4, 0.5) is 5.69 Å². The van der Waals surface area contributed by atoms with Gasteiger partial charge in [0.1, 0.15) is 0 Å². The van der Waals surface area contributed by atoms with Gasteiger partial charge in [0.15, 0.2) is 0 Å². The van der Waals surface area contributed by atoms with Gasteiger partial charge in [-0.25, -0.2) is 0 Å². The lowest BCUT2D eigenvalue weighted by Crippen LogP contribution is -2.43. The van der Waals surface area contributed by atoms with E-state index < -0.39 is 4.92 Å². The van der Waals surface area contributed by atoms with Gasteiger partial charge in [0.05, 0.1) is 28.7 Å². The standard InChI is InChI=1S/C19H20BrN3O4/c20-16-7-6-15(12-18(16)23(25)26)19(24)21-17(14-4-2-1-3-5-14)13-22-8-10-27-11-9-22/h1-7,12,17H,8-11,13H2,(H,21,24)/t17-/m1/s1. The van der Waals surface area contributed by atoms with Crippen LogP contribution < -0.4 is 5.32 Å². The minimum atomic E-state index is -0.511. The lowest BCUT2D eigenvalue weighted by Gasteiger charge is -2.31. The van der Waals surface area contributed by atoms with Crippen LogP contribution in [0, 0.1) is 10.1 Å². The first-order valence-electron chi connectivity index (χ1n) is 8.64. The van der Waals surface area contributed by atoms with Crippen molar-refractivity contribution in [3.8, 4) is 0 Å².